The Morgan fingerprint density at radius 2 is 2.14 bits per heavy atom. The molecule has 21 heavy (non-hydrogen) atoms. The van der Waals surface area contributed by atoms with Crippen LogP contribution in [0.3, 0.4) is 0 Å². The van der Waals surface area contributed by atoms with Gasteiger partial charge >= 0.3 is 0 Å². The van der Waals surface area contributed by atoms with Crippen molar-refractivity contribution in [2.75, 3.05) is 19.4 Å². The fourth-order valence-corrected chi connectivity index (χ4v) is 2.54. The lowest BCUT2D eigenvalue weighted by Crippen LogP contribution is -2.37. The average Bonchev–Trinajstić information content (AvgIpc) is 2.54. The molecule has 0 saturated carbocycles. The Bertz CT molecular complexity index is 687. The summed E-state index contributed by atoms with van der Waals surface area (Å²) in [4.78, 5) is 22.6. The van der Waals surface area contributed by atoms with E-state index in [0.29, 0.717) is 36.6 Å². The summed E-state index contributed by atoms with van der Waals surface area (Å²) in [6, 6.07) is 7.22. The minimum Gasteiger partial charge on any atom is -0.496 e. The number of carbonyl (C=O) groups excluding carboxylic acids is 1. The number of methoxy groups -OCH3 is 1. The number of para-hydroxylation sites is 1. The van der Waals surface area contributed by atoms with Crippen LogP contribution in [-0.2, 0) is 13.0 Å². The maximum Gasteiger partial charge on any atom is 0.257 e. The molecule has 2 N–H and O–H groups in total. The molecule has 1 aromatic carbocycles. The predicted molar refractivity (Wildman–Crippen MR) is 77.9 cm³/mol. The topological polar surface area (TPSA) is 81.3 Å². The highest BCUT2D eigenvalue weighted by atomic mass is 16.5. The van der Waals surface area contributed by atoms with Gasteiger partial charge in [-0.15, -0.1) is 0 Å². The fourth-order valence-electron chi connectivity index (χ4n) is 2.54. The van der Waals surface area contributed by atoms with Crippen LogP contribution in [0.1, 0.15) is 21.6 Å². The summed E-state index contributed by atoms with van der Waals surface area (Å²) < 4.78 is 5.25. The van der Waals surface area contributed by atoms with Crippen LogP contribution in [0.25, 0.3) is 0 Å². The molecule has 2 aromatic rings. The quantitative estimate of drug-likeness (QED) is 0.898. The molecule has 0 aliphatic carbocycles. The van der Waals surface area contributed by atoms with Gasteiger partial charge in [0.05, 0.1) is 24.9 Å². The van der Waals surface area contributed by atoms with Crippen LogP contribution >= 0.6 is 0 Å². The van der Waals surface area contributed by atoms with Crippen molar-refractivity contribution in [2.45, 2.75) is 13.0 Å². The predicted octanol–water partition coefficient (Wildman–Crippen LogP) is 1.27. The van der Waals surface area contributed by atoms with Crippen LogP contribution in [0, 0.1) is 0 Å². The monoisotopic (exact) mass is 284 g/mol. The molecule has 1 aromatic heterocycles. The normalized spacial score (nSPS) is 13.7. The number of rotatable bonds is 2. The number of nitrogens with zero attached hydrogens (tertiary/aromatic N) is 3. The first-order chi connectivity index (χ1) is 10.2. The highest BCUT2D eigenvalue weighted by Gasteiger charge is 2.25. The zero-order chi connectivity index (χ0) is 14.8. The first-order valence-corrected chi connectivity index (χ1v) is 6.71. The molecule has 0 bridgehead atoms. The second-order valence-corrected chi connectivity index (χ2v) is 4.86. The minimum absolute atomic E-state index is 0.0599. The number of fused-ring (bicyclic) bond motifs is 1. The van der Waals surface area contributed by atoms with Gasteiger partial charge in [0.15, 0.2) is 0 Å². The van der Waals surface area contributed by atoms with E-state index in [-0.39, 0.29) is 5.91 Å². The standard InChI is InChI=1S/C15H16N4O2/c1-21-13-5-3-2-4-11(13)15(20)19-7-6-10-12(8-19)17-9-18-14(10)16/h2-5,9H,6-8H2,1H3,(H2,16,17,18). The van der Waals surface area contributed by atoms with Crippen molar-refractivity contribution in [2.24, 2.45) is 0 Å². The number of nitrogens with two attached hydrogens (primary N) is 1. The van der Waals surface area contributed by atoms with Gasteiger partial charge in [0.2, 0.25) is 0 Å². The van der Waals surface area contributed by atoms with E-state index in [2.05, 4.69) is 9.97 Å². The van der Waals surface area contributed by atoms with Crippen LogP contribution in [0.4, 0.5) is 5.82 Å². The Hall–Kier alpha value is -2.63. The van der Waals surface area contributed by atoms with Gasteiger partial charge in [-0.05, 0) is 18.6 Å². The van der Waals surface area contributed by atoms with Gasteiger partial charge in [-0.1, -0.05) is 12.1 Å². The molecule has 0 saturated heterocycles. The van der Waals surface area contributed by atoms with E-state index in [4.69, 9.17) is 10.5 Å². The largest absolute Gasteiger partial charge is 0.496 e. The van der Waals surface area contributed by atoms with E-state index < -0.39 is 0 Å². The maximum atomic E-state index is 12.6. The molecule has 0 fully saturated rings. The van der Waals surface area contributed by atoms with Crippen molar-refractivity contribution in [1.82, 2.24) is 14.9 Å². The Morgan fingerprint density at radius 1 is 1.33 bits per heavy atom. The van der Waals surface area contributed by atoms with Crippen molar-refractivity contribution < 1.29 is 9.53 Å². The van der Waals surface area contributed by atoms with E-state index in [1.54, 1.807) is 24.1 Å². The molecule has 2 heterocycles. The van der Waals surface area contributed by atoms with Crippen LogP contribution in [0.15, 0.2) is 30.6 Å². The third-order valence-electron chi connectivity index (χ3n) is 3.66. The molecule has 108 valence electrons. The van der Waals surface area contributed by atoms with Crippen LogP contribution in [0.2, 0.25) is 0 Å². The molecule has 0 atom stereocenters. The third kappa shape index (κ3) is 2.40. The zero-order valence-electron chi connectivity index (χ0n) is 11.7. The van der Waals surface area contributed by atoms with Gasteiger partial charge in [0, 0.05) is 12.1 Å². The number of hydrogen-bond donors (Lipinski definition) is 1. The van der Waals surface area contributed by atoms with Crippen molar-refractivity contribution in [3.8, 4) is 5.75 Å². The molecule has 0 radical (unpaired) electrons. The van der Waals surface area contributed by atoms with Gasteiger partial charge in [-0.3, -0.25) is 4.79 Å². The fraction of sp³-hybridized carbons (Fsp3) is 0.267. The number of ether oxygens (including phenoxy) is 1. The third-order valence-corrected chi connectivity index (χ3v) is 3.66. The summed E-state index contributed by atoms with van der Waals surface area (Å²) in [7, 11) is 1.56. The highest BCUT2D eigenvalue weighted by Crippen LogP contribution is 2.24. The average molecular weight is 284 g/mol. The SMILES string of the molecule is COc1ccccc1C(=O)N1CCc2c(N)ncnc2C1. The van der Waals surface area contributed by atoms with Crippen molar-refractivity contribution in [3.63, 3.8) is 0 Å². The summed E-state index contributed by atoms with van der Waals surface area (Å²) in [6.07, 6.45) is 2.11. The molecule has 1 amide bonds. The van der Waals surface area contributed by atoms with E-state index in [9.17, 15) is 4.79 Å². The van der Waals surface area contributed by atoms with E-state index in [1.165, 1.54) is 6.33 Å². The summed E-state index contributed by atoms with van der Waals surface area (Å²) in [6.45, 7) is 1.04. The van der Waals surface area contributed by atoms with E-state index in [1.807, 2.05) is 12.1 Å². The van der Waals surface area contributed by atoms with Gasteiger partial charge < -0.3 is 15.4 Å². The first kappa shape index (κ1) is 13.4. The van der Waals surface area contributed by atoms with Gasteiger partial charge in [0.1, 0.15) is 17.9 Å². The number of anilines is 1. The van der Waals surface area contributed by atoms with E-state index >= 15 is 0 Å². The van der Waals surface area contributed by atoms with Crippen molar-refractivity contribution >= 4 is 11.7 Å². The van der Waals surface area contributed by atoms with Crippen LogP contribution < -0.4 is 10.5 Å². The zero-order valence-corrected chi connectivity index (χ0v) is 11.7. The number of nitrogen functional groups attached to an aromatic ring is 1. The molecule has 0 unspecified atom stereocenters. The maximum absolute atomic E-state index is 12.6. The second-order valence-electron chi connectivity index (χ2n) is 4.86. The molecule has 3 rings (SSSR count). The number of hydrogen-bond acceptors (Lipinski definition) is 5. The number of benzene rings is 1. The Kier molecular flexibility index (Phi) is 3.43. The van der Waals surface area contributed by atoms with Gasteiger partial charge in [-0.2, -0.15) is 0 Å². The number of carbonyl (C=O) groups is 1. The highest BCUT2D eigenvalue weighted by molar-refractivity contribution is 5.97. The number of amides is 1. The molecule has 6 heteroatoms. The molecular formula is C15H16N4O2. The second kappa shape index (κ2) is 5.40. The molecule has 1 aliphatic heterocycles. The van der Waals surface area contributed by atoms with Crippen LogP contribution in [0.5, 0.6) is 5.75 Å². The molecule has 6 nitrogen and oxygen atoms in total. The summed E-state index contributed by atoms with van der Waals surface area (Å²) in [5, 5.41) is 0. The van der Waals surface area contributed by atoms with Crippen molar-refractivity contribution in [3.05, 3.63) is 47.4 Å². The van der Waals surface area contributed by atoms with Crippen LogP contribution in [-0.4, -0.2) is 34.4 Å². The van der Waals surface area contributed by atoms with E-state index in [0.717, 1.165) is 11.3 Å². The van der Waals surface area contributed by atoms with Crippen molar-refractivity contribution in [1.29, 1.82) is 0 Å². The molecule has 1 aliphatic rings. The number of aromatic nitrogens is 2. The molecule has 0 spiro atoms. The lowest BCUT2D eigenvalue weighted by atomic mass is 10.0. The Morgan fingerprint density at radius 3 is 2.95 bits per heavy atom. The Labute approximate surface area is 122 Å². The smallest absolute Gasteiger partial charge is 0.257 e. The first-order valence-electron chi connectivity index (χ1n) is 6.71. The summed E-state index contributed by atoms with van der Waals surface area (Å²) >= 11 is 0. The lowest BCUT2D eigenvalue weighted by molar-refractivity contribution is 0.0728. The summed E-state index contributed by atoms with van der Waals surface area (Å²) in [5.74, 6) is 1.02. The van der Waals surface area contributed by atoms with Gasteiger partial charge in [-0.25, -0.2) is 9.97 Å². The molecular weight excluding hydrogens is 268 g/mol. The Balaban J connectivity index is 1.88. The lowest BCUT2D eigenvalue weighted by Gasteiger charge is -2.28. The van der Waals surface area contributed by atoms with Gasteiger partial charge in [0.25, 0.3) is 5.91 Å². The minimum atomic E-state index is -0.0599. The summed E-state index contributed by atoms with van der Waals surface area (Å²) in [5.41, 5.74) is 8.17.